The Morgan fingerprint density at radius 3 is 2.35 bits per heavy atom. The molecular formula is C17H18ClNO. The highest BCUT2D eigenvalue weighted by Gasteiger charge is 2.20. The number of aliphatic hydroxyl groups excluding tert-OH is 1. The van der Waals surface area contributed by atoms with E-state index in [0.29, 0.717) is 22.2 Å². The van der Waals surface area contributed by atoms with Crippen molar-refractivity contribution in [3.05, 3.63) is 64.2 Å². The van der Waals surface area contributed by atoms with Crippen molar-refractivity contribution < 1.29 is 5.11 Å². The van der Waals surface area contributed by atoms with E-state index in [1.807, 2.05) is 12.1 Å². The van der Waals surface area contributed by atoms with Gasteiger partial charge in [-0.25, -0.2) is 0 Å². The van der Waals surface area contributed by atoms with Gasteiger partial charge in [0.2, 0.25) is 0 Å². The molecule has 1 aliphatic rings. The predicted molar refractivity (Wildman–Crippen MR) is 83.0 cm³/mol. The highest BCUT2D eigenvalue weighted by Crippen LogP contribution is 2.37. The number of anilines is 1. The van der Waals surface area contributed by atoms with Crippen molar-refractivity contribution in [2.75, 3.05) is 5.73 Å². The van der Waals surface area contributed by atoms with Gasteiger partial charge in [-0.1, -0.05) is 48.4 Å². The molecule has 1 saturated carbocycles. The van der Waals surface area contributed by atoms with E-state index in [-0.39, 0.29) is 0 Å². The fourth-order valence-corrected chi connectivity index (χ4v) is 2.85. The molecule has 104 valence electrons. The lowest BCUT2D eigenvalue weighted by Gasteiger charge is -2.26. The first-order valence-electron chi connectivity index (χ1n) is 6.98. The molecule has 1 fully saturated rings. The summed E-state index contributed by atoms with van der Waals surface area (Å²) in [6.45, 7) is 0. The summed E-state index contributed by atoms with van der Waals surface area (Å²) in [5.41, 5.74) is 9.38. The number of aliphatic hydroxyl groups is 1. The first-order chi connectivity index (χ1) is 9.65. The van der Waals surface area contributed by atoms with Crippen molar-refractivity contribution in [3.63, 3.8) is 0 Å². The standard InChI is InChI=1S/C17H18ClNO/c18-14-8-9-15(16(19)10-14)17(20)13-6-4-12(5-7-13)11-2-1-3-11/h4-11,17,20H,1-3,19H2. The monoisotopic (exact) mass is 287 g/mol. The SMILES string of the molecule is Nc1cc(Cl)ccc1C(O)c1ccc(C2CCC2)cc1. The maximum absolute atomic E-state index is 10.4. The minimum absolute atomic E-state index is 0.521. The van der Waals surface area contributed by atoms with Crippen LogP contribution < -0.4 is 5.73 Å². The van der Waals surface area contributed by atoms with Gasteiger partial charge in [0.25, 0.3) is 0 Å². The van der Waals surface area contributed by atoms with Gasteiger partial charge in [-0.3, -0.25) is 0 Å². The largest absolute Gasteiger partial charge is 0.398 e. The first-order valence-corrected chi connectivity index (χ1v) is 7.36. The molecular weight excluding hydrogens is 270 g/mol. The first kappa shape index (κ1) is 13.5. The molecule has 0 saturated heterocycles. The summed E-state index contributed by atoms with van der Waals surface area (Å²) in [4.78, 5) is 0. The Bertz CT molecular complexity index is 605. The third-order valence-corrected chi connectivity index (χ3v) is 4.41. The molecule has 2 aromatic rings. The second-order valence-electron chi connectivity index (χ2n) is 5.47. The molecule has 3 heteroatoms. The summed E-state index contributed by atoms with van der Waals surface area (Å²) in [5.74, 6) is 0.710. The van der Waals surface area contributed by atoms with Crippen molar-refractivity contribution in [1.29, 1.82) is 0 Å². The molecule has 1 unspecified atom stereocenters. The predicted octanol–water partition coefficient (Wildman–Crippen LogP) is 4.27. The zero-order valence-corrected chi connectivity index (χ0v) is 12.0. The smallest absolute Gasteiger partial charge is 0.106 e. The summed E-state index contributed by atoms with van der Waals surface area (Å²) in [7, 11) is 0. The normalized spacial score (nSPS) is 16.7. The van der Waals surface area contributed by atoms with Crippen LogP contribution in [0, 0.1) is 0 Å². The molecule has 1 aliphatic carbocycles. The van der Waals surface area contributed by atoms with Crippen LogP contribution in [0.15, 0.2) is 42.5 Å². The van der Waals surface area contributed by atoms with Crippen molar-refractivity contribution in [2.45, 2.75) is 31.3 Å². The summed E-state index contributed by atoms with van der Waals surface area (Å²) >= 11 is 5.88. The van der Waals surface area contributed by atoms with E-state index in [2.05, 4.69) is 12.1 Å². The molecule has 0 heterocycles. The van der Waals surface area contributed by atoms with Crippen LogP contribution >= 0.6 is 11.6 Å². The lowest BCUT2D eigenvalue weighted by molar-refractivity contribution is 0.221. The molecule has 3 rings (SSSR count). The van der Waals surface area contributed by atoms with E-state index in [0.717, 1.165) is 5.56 Å². The maximum atomic E-state index is 10.4. The van der Waals surface area contributed by atoms with Gasteiger partial charge in [0.05, 0.1) is 0 Å². The van der Waals surface area contributed by atoms with Gasteiger partial charge in [0.15, 0.2) is 0 Å². The Morgan fingerprint density at radius 1 is 1.10 bits per heavy atom. The number of nitrogen functional groups attached to an aromatic ring is 1. The number of nitrogens with two attached hydrogens (primary N) is 1. The molecule has 1 atom stereocenters. The van der Waals surface area contributed by atoms with E-state index in [1.54, 1.807) is 18.2 Å². The van der Waals surface area contributed by atoms with Crippen molar-refractivity contribution in [1.82, 2.24) is 0 Å². The highest BCUT2D eigenvalue weighted by molar-refractivity contribution is 6.30. The van der Waals surface area contributed by atoms with Crippen LogP contribution in [0.3, 0.4) is 0 Å². The van der Waals surface area contributed by atoms with E-state index in [9.17, 15) is 5.11 Å². The summed E-state index contributed by atoms with van der Waals surface area (Å²) in [6, 6.07) is 13.4. The molecule has 2 aromatic carbocycles. The van der Waals surface area contributed by atoms with E-state index >= 15 is 0 Å². The minimum atomic E-state index is -0.706. The molecule has 20 heavy (non-hydrogen) atoms. The molecule has 0 aliphatic heterocycles. The molecule has 3 N–H and O–H groups in total. The maximum Gasteiger partial charge on any atom is 0.106 e. The second kappa shape index (κ2) is 5.47. The van der Waals surface area contributed by atoms with Gasteiger partial charge < -0.3 is 10.8 Å². The van der Waals surface area contributed by atoms with Gasteiger partial charge >= 0.3 is 0 Å². The van der Waals surface area contributed by atoms with E-state index < -0.39 is 6.10 Å². The Hall–Kier alpha value is -1.51. The fraction of sp³-hybridized carbons (Fsp3) is 0.294. The van der Waals surface area contributed by atoms with Crippen molar-refractivity contribution in [2.24, 2.45) is 0 Å². The van der Waals surface area contributed by atoms with Gasteiger partial charge in [-0.15, -0.1) is 0 Å². The Kier molecular flexibility index (Phi) is 3.68. The van der Waals surface area contributed by atoms with Crippen molar-refractivity contribution in [3.8, 4) is 0 Å². The minimum Gasteiger partial charge on any atom is -0.398 e. The number of benzene rings is 2. The highest BCUT2D eigenvalue weighted by atomic mass is 35.5. The molecule has 0 bridgehead atoms. The lowest BCUT2D eigenvalue weighted by atomic mass is 9.80. The number of hydrogen-bond acceptors (Lipinski definition) is 2. The Labute approximate surface area is 124 Å². The van der Waals surface area contributed by atoms with Crippen LogP contribution in [-0.4, -0.2) is 5.11 Å². The van der Waals surface area contributed by atoms with Crippen molar-refractivity contribution >= 4 is 17.3 Å². The van der Waals surface area contributed by atoms with E-state index in [4.69, 9.17) is 17.3 Å². The molecule has 0 aromatic heterocycles. The third-order valence-electron chi connectivity index (χ3n) is 4.17. The van der Waals surface area contributed by atoms with Crippen LogP contribution in [0.5, 0.6) is 0 Å². The summed E-state index contributed by atoms with van der Waals surface area (Å²) in [5, 5.41) is 11.0. The van der Waals surface area contributed by atoms with Crippen LogP contribution in [0.25, 0.3) is 0 Å². The molecule has 0 radical (unpaired) electrons. The average molecular weight is 288 g/mol. The summed E-state index contributed by atoms with van der Waals surface area (Å²) in [6.07, 6.45) is 3.19. The lowest BCUT2D eigenvalue weighted by Crippen LogP contribution is -2.09. The Balaban J connectivity index is 1.84. The molecule has 2 nitrogen and oxygen atoms in total. The topological polar surface area (TPSA) is 46.2 Å². The number of halogens is 1. The molecule has 0 amide bonds. The quantitative estimate of drug-likeness (QED) is 0.828. The van der Waals surface area contributed by atoms with Crippen LogP contribution in [0.2, 0.25) is 5.02 Å². The van der Waals surface area contributed by atoms with Gasteiger partial charge in [-0.2, -0.15) is 0 Å². The zero-order valence-electron chi connectivity index (χ0n) is 11.2. The third kappa shape index (κ3) is 2.54. The van der Waals surface area contributed by atoms with Gasteiger partial charge in [0, 0.05) is 16.3 Å². The average Bonchev–Trinajstić information content (AvgIpc) is 2.37. The van der Waals surface area contributed by atoms with Crippen LogP contribution in [-0.2, 0) is 0 Å². The zero-order chi connectivity index (χ0) is 14.1. The Morgan fingerprint density at radius 2 is 1.80 bits per heavy atom. The molecule has 0 spiro atoms. The fourth-order valence-electron chi connectivity index (χ4n) is 2.67. The summed E-state index contributed by atoms with van der Waals surface area (Å²) < 4.78 is 0. The number of rotatable bonds is 3. The second-order valence-corrected chi connectivity index (χ2v) is 5.91. The number of hydrogen-bond donors (Lipinski definition) is 2. The van der Waals surface area contributed by atoms with Gasteiger partial charge in [0.1, 0.15) is 6.10 Å². The van der Waals surface area contributed by atoms with E-state index in [1.165, 1.54) is 24.8 Å². The van der Waals surface area contributed by atoms with Gasteiger partial charge in [-0.05, 0) is 42.0 Å². The van der Waals surface area contributed by atoms with Crippen LogP contribution in [0.1, 0.15) is 48.0 Å². The van der Waals surface area contributed by atoms with Crippen LogP contribution in [0.4, 0.5) is 5.69 Å².